The Morgan fingerprint density at radius 2 is 2.12 bits per heavy atom. The molecule has 0 bridgehead atoms. The van der Waals surface area contributed by atoms with Crippen LogP contribution in [-0.2, 0) is 6.42 Å². The first kappa shape index (κ1) is 12.4. The monoisotopic (exact) mass is 268 g/mol. The fourth-order valence-electron chi connectivity index (χ4n) is 1.37. The van der Waals surface area contributed by atoms with Gasteiger partial charge in [-0.3, -0.25) is 0 Å². The maximum absolute atomic E-state index is 4.39. The molecule has 2 heterocycles. The first-order valence-electron chi connectivity index (χ1n) is 5.74. The topological polar surface area (TPSA) is 50.7 Å². The van der Waals surface area contributed by atoms with Crippen molar-refractivity contribution in [3.8, 4) is 9.88 Å². The molecule has 6 heteroatoms. The van der Waals surface area contributed by atoms with Crippen LogP contribution in [0.4, 0.5) is 5.13 Å². The second-order valence-corrected chi connectivity index (χ2v) is 6.17. The zero-order chi connectivity index (χ0) is 12.3. The van der Waals surface area contributed by atoms with E-state index < -0.39 is 0 Å². The highest BCUT2D eigenvalue weighted by Gasteiger charge is 2.10. The Labute approximate surface area is 109 Å². The quantitative estimate of drug-likeness (QED) is 0.902. The molecule has 1 N–H and O–H groups in total. The Morgan fingerprint density at radius 1 is 1.29 bits per heavy atom. The van der Waals surface area contributed by atoms with Crippen LogP contribution in [-0.4, -0.2) is 21.2 Å². The maximum atomic E-state index is 4.39. The minimum atomic E-state index is 0.382. The number of aryl methyl sites for hydroxylation is 1. The molecule has 17 heavy (non-hydrogen) atoms. The largest absolute Gasteiger partial charge is 0.358 e. The van der Waals surface area contributed by atoms with Crippen LogP contribution in [0, 0.1) is 0 Å². The molecule has 92 valence electrons. The fraction of sp³-hybridized carbons (Fsp3) is 0.545. The molecule has 0 saturated carbocycles. The van der Waals surface area contributed by atoms with Crippen molar-refractivity contribution < 1.29 is 0 Å². The number of nitrogens with zero attached hydrogens (tertiary/aromatic N) is 3. The van der Waals surface area contributed by atoms with Gasteiger partial charge in [-0.05, 0) is 26.7 Å². The van der Waals surface area contributed by atoms with E-state index >= 15 is 0 Å². The molecular weight excluding hydrogens is 252 g/mol. The van der Waals surface area contributed by atoms with Crippen LogP contribution < -0.4 is 5.32 Å². The van der Waals surface area contributed by atoms with Gasteiger partial charge < -0.3 is 5.32 Å². The molecule has 4 nitrogen and oxygen atoms in total. The Morgan fingerprint density at radius 3 is 2.82 bits per heavy atom. The summed E-state index contributed by atoms with van der Waals surface area (Å²) in [6.07, 6.45) is 4.07. The number of thiazole rings is 1. The normalized spacial score (nSPS) is 11.1. The van der Waals surface area contributed by atoms with Crippen molar-refractivity contribution in [2.75, 3.05) is 5.32 Å². The second kappa shape index (κ2) is 5.55. The van der Waals surface area contributed by atoms with E-state index in [1.807, 2.05) is 6.20 Å². The molecule has 0 amide bonds. The van der Waals surface area contributed by atoms with Gasteiger partial charge in [0.1, 0.15) is 0 Å². The smallest absolute Gasteiger partial charge is 0.206 e. The van der Waals surface area contributed by atoms with Gasteiger partial charge in [0.15, 0.2) is 5.01 Å². The summed E-state index contributed by atoms with van der Waals surface area (Å²) in [7, 11) is 0. The lowest BCUT2D eigenvalue weighted by Gasteiger charge is -2.02. The van der Waals surface area contributed by atoms with Crippen molar-refractivity contribution in [2.45, 2.75) is 39.7 Å². The Hall–Kier alpha value is -1.01. The van der Waals surface area contributed by atoms with E-state index in [4.69, 9.17) is 0 Å². The lowest BCUT2D eigenvalue weighted by molar-refractivity contribution is 0.888. The van der Waals surface area contributed by atoms with Gasteiger partial charge in [0.25, 0.3) is 0 Å². The van der Waals surface area contributed by atoms with Crippen molar-refractivity contribution in [1.82, 2.24) is 15.2 Å². The highest BCUT2D eigenvalue weighted by Crippen LogP contribution is 2.31. The number of rotatable bonds is 5. The van der Waals surface area contributed by atoms with Crippen molar-refractivity contribution in [1.29, 1.82) is 0 Å². The highest BCUT2D eigenvalue weighted by atomic mass is 32.1. The Bertz CT molecular complexity index is 475. The molecule has 2 aromatic rings. The summed E-state index contributed by atoms with van der Waals surface area (Å²) in [5.74, 6) is 0. The molecule has 0 aliphatic rings. The van der Waals surface area contributed by atoms with Crippen LogP contribution in [0.5, 0.6) is 0 Å². The lowest BCUT2D eigenvalue weighted by atomic mass is 10.4. The molecular formula is C11H16N4S2. The number of anilines is 1. The summed E-state index contributed by atoms with van der Waals surface area (Å²) in [4.78, 5) is 5.50. The summed E-state index contributed by atoms with van der Waals surface area (Å²) in [6.45, 7) is 6.34. The third kappa shape index (κ3) is 3.23. The van der Waals surface area contributed by atoms with Gasteiger partial charge in [-0.25, -0.2) is 4.98 Å². The van der Waals surface area contributed by atoms with Gasteiger partial charge in [0.2, 0.25) is 5.13 Å². The van der Waals surface area contributed by atoms with Crippen molar-refractivity contribution in [3.63, 3.8) is 0 Å². The van der Waals surface area contributed by atoms with Gasteiger partial charge in [-0.2, -0.15) is 0 Å². The van der Waals surface area contributed by atoms with E-state index in [2.05, 4.69) is 41.3 Å². The zero-order valence-electron chi connectivity index (χ0n) is 10.2. The molecule has 0 radical (unpaired) electrons. The lowest BCUT2D eigenvalue weighted by Crippen LogP contribution is -2.08. The predicted octanol–water partition coefficient (Wildman–Crippen LogP) is 3.43. The maximum Gasteiger partial charge on any atom is 0.206 e. The van der Waals surface area contributed by atoms with E-state index in [1.54, 1.807) is 22.7 Å². The first-order chi connectivity index (χ1) is 8.19. The van der Waals surface area contributed by atoms with Gasteiger partial charge in [-0.15, -0.1) is 21.5 Å². The fourth-order valence-corrected chi connectivity index (χ4v) is 3.31. The number of nitrogens with one attached hydrogen (secondary N) is 1. The van der Waals surface area contributed by atoms with Gasteiger partial charge in [0.05, 0.1) is 9.88 Å². The van der Waals surface area contributed by atoms with Crippen LogP contribution in [0.15, 0.2) is 6.20 Å². The predicted molar refractivity (Wildman–Crippen MR) is 73.8 cm³/mol. The Balaban J connectivity index is 2.12. The first-order valence-corrected chi connectivity index (χ1v) is 7.37. The van der Waals surface area contributed by atoms with Gasteiger partial charge >= 0.3 is 0 Å². The zero-order valence-corrected chi connectivity index (χ0v) is 11.9. The van der Waals surface area contributed by atoms with Crippen molar-refractivity contribution in [2.24, 2.45) is 0 Å². The molecule has 0 aliphatic carbocycles. The molecule has 2 aromatic heterocycles. The molecule has 0 aliphatic heterocycles. The van der Waals surface area contributed by atoms with E-state index in [-0.39, 0.29) is 0 Å². The van der Waals surface area contributed by atoms with E-state index in [9.17, 15) is 0 Å². The summed E-state index contributed by atoms with van der Waals surface area (Å²) in [5.41, 5.74) is 0. The SMILES string of the molecule is CCCc1ncc(-c2nnc(NC(C)C)s2)s1. The van der Waals surface area contributed by atoms with Crippen molar-refractivity contribution >= 4 is 27.8 Å². The summed E-state index contributed by atoms with van der Waals surface area (Å²) >= 11 is 3.29. The average molecular weight is 268 g/mol. The minimum absolute atomic E-state index is 0.382. The third-order valence-electron chi connectivity index (χ3n) is 2.07. The van der Waals surface area contributed by atoms with Gasteiger partial charge in [-0.1, -0.05) is 18.3 Å². The van der Waals surface area contributed by atoms with Crippen LogP contribution in [0.1, 0.15) is 32.2 Å². The van der Waals surface area contributed by atoms with Crippen molar-refractivity contribution in [3.05, 3.63) is 11.2 Å². The molecule has 0 spiro atoms. The molecule has 2 rings (SSSR count). The van der Waals surface area contributed by atoms with Gasteiger partial charge in [0, 0.05) is 12.2 Å². The second-order valence-electron chi connectivity index (χ2n) is 4.08. The molecule has 0 atom stereocenters. The molecule has 0 unspecified atom stereocenters. The van der Waals surface area contributed by atoms with E-state index in [0.29, 0.717) is 6.04 Å². The Kier molecular flexibility index (Phi) is 4.06. The van der Waals surface area contributed by atoms with Crippen LogP contribution in [0.2, 0.25) is 0 Å². The minimum Gasteiger partial charge on any atom is -0.358 e. The number of hydrogen-bond acceptors (Lipinski definition) is 6. The summed E-state index contributed by atoms with van der Waals surface area (Å²) in [6, 6.07) is 0.382. The van der Waals surface area contributed by atoms with Crippen LogP contribution in [0.3, 0.4) is 0 Å². The van der Waals surface area contributed by atoms with E-state index in [0.717, 1.165) is 27.9 Å². The molecule has 0 saturated heterocycles. The average Bonchev–Trinajstić information content (AvgIpc) is 2.86. The molecule has 0 aromatic carbocycles. The molecule has 0 fully saturated rings. The van der Waals surface area contributed by atoms with E-state index in [1.165, 1.54) is 5.01 Å². The number of hydrogen-bond donors (Lipinski definition) is 1. The third-order valence-corrected chi connectivity index (χ3v) is 4.15. The summed E-state index contributed by atoms with van der Waals surface area (Å²) in [5, 5.41) is 14.6. The van der Waals surface area contributed by atoms with Crippen LogP contribution in [0.25, 0.3) is 9.88 Å². The van der Waals surface area contributed by atoms with Crippen LogP contribution >= 0.6 is 22.7 Å². The standard InChI is InChI=1S/C11H16N4S2/c1-4-5-9-12-6-8(16-9)10-14-15-11(17-10)13-7(2)3/h6-7H,4-5H2,1-3H3,(H,13,15). The number of aromatic nitrogens is 3. The summed E-state index contributed by atoms with van der Waals surface area (Å²) < 4.78 is 0. The highest BCUT2D eigenvalue weighted by molar-refractivity contribution is 7.23.